The zero-order valence-corrected chi connectivity index (χ0v) is 19.8. The molecule has 2 aromatic rings. The van der Waals surface area contributed by atoms with E-state index in [1.54, 1.807) is 12.1 Å². The lowest BCUT2D eigenvalue weighted by atomic mass is 9.91. The average molecular weight is 501 g/mol. The Kier molecular flexibility index (Phi) is 9.53. The number of ether oxygens (including phenoxy) is 1. The van der Waals surface area contributed by atoms with Gasteiger partial charge in [0.25, 0.3) is 0 Å². The molecule has 0 aliphatic heterocycles. The van der Waals surface area contributed by atoms with Crippen LogP contribution in [0.3, 0.4) is 0 Å². The standard InChI is InChI=1S/C25H28ClF3O3S/c26-23-11-10-18(22(23)16-33-21-9-3-8-20(15-21)25(27,28)29)6-1-4-17-5-2-7-19(14-17)24(31)32-13-12-30/h2-3,5,7-9,14-15,18,22-23,30H,1,4,6,10-13,16H2/t18-,22+,23?/m0/s1. The van der Waals surface area contributed by atoms with E-state index in [-0.39, 0.29) is 24.5 Å². The molecule has 1 aliphatic rings. The number of carbonyl (C=O) groups excluding carboxylic acids is 1. The molecule has 1 fully saturated rings. The maximum atomic E-state index is 13.0. The lowest BCUT2D eigenvalue weighted by molar-refractivity contribution is -0.137. The largest absolute Gasteiger partial charge is 0.460 e. The summed E-state index contributed by atoms with van der Waals surface area (Å²) in [4.78, 5) is 12.6. The smallest absolute Gasteiger partial charge is 0.416 e. The van der Waals surface area contributed by atoms with Crippen LogP contribution in [0.25, 0.3) is 0 Å². The van der Waals surface area contributed by atoms with Gasteiger partial charge in [-0.1, -0.05) is 18.2 Å². The molecule has 0 radical (unpaired) electrons. The van der Waals surface area contributed by atoms with Gasteiger partial charge in [0.1, 0.15) is 6.61 Å². The third kappa shape index (κ3) is 7.66. The average Bonchev–Trinajstić information content (AvgIpc) is 3.15. The molecule has 2 aromatic carbocycles. The molecule has 180 valence electrons. The van der Waals surface area contributed by atoms with E-state index in [4.69, 9.17) is 21.4 Å². The Morgan fingerprint density at radius 3 is 2.70 bits per heavy atom. The summed E-state index contributed by atoms with van der Waals surface area (Å²) in [7, 11) is 0. The fourth-order valence-corrected chi connectivity index (χ4v) is 6.10. The van der Waals surface area contributed by atoms with Crippen molar-refractivity contribution in [1.29, 1.82) is 0 Å². The van der Waals surface area contributed by atoms with Gasteiger partial charge < -0.3 is 9.84 Å². The summed E-state index contributed by atoms with van der Waals surface area (Å²) in [5.74, 6) is 0.944. The molecule has 3 rings (SSSR count). The van der Waals surface area contributed by atoms with Crippen LogP contribution >= 0.6 is 23.4 Å². The molecule has 1 aliphatic carbocycles. The highest BCUT2D eigenvalue weighted by atomic mass is 35.5. The number of esters is 1. The minimum absolute atomic E-state index is 0.0236. The van der Waals surface area contributed by atoms with Crippen molar-refractivity contribution in [3.05, 3.63) is 65.2 Å². The highest BCUT2D eigenvalue weighted by molar-refractivity contribution is 7.99. The van der Waals surface area contributed by atoms with Gasteiger partial charge in [0, 0.05) is 16.0 Å². The fraction of sp³-hybridized carbons (Fsp3) is 0.480. The SMILES string of the molecule is O=C(OCCO)c1cccc(CCC[C@H]2CCC(Cl)[C@@H]2CSc2cccc(C(F)(F)F)c2)c1. The summed E-state index contributed by atoms with van der Waals surface area (Å²) < 4.78 is 43.9. The summed E-state index contributed by atoms with van der Waals surface area (Å²) in [5, 5.41) is 8.83. The minimum atomic E-state index is -4.34. The van der Waals surface area contributed by atoms with Crippen LogP contribution in [0, 0.1) is 11.8 Å². The number of aryl methyl sites for hydroxylation is 1. The number of aliphatic hydroxyl groups is 1. The van der Waals surface area contributed by atoms with E-state index in [2.05, 4.69) is 0 Å². The molecular formula is C25H28ClF3O3S. The van der Waals surface area contributed by atoms with Crippen LogP contribution in [0.1, 0.15) is 47.2 Å². The number of benzene rings is 2. The normalized spacial score (nSPS) is 20.7. The Labute approximate surface area is 201 Å². The van der Waals surface area contributed by atoms with E-state index in [9.17, 15) is 18.0 Å². The number of hydrogen-bond donors (Lipinski definition) is 1. The number of hydrogen-bond acceptors (Lipinski definition) is 4. The van der Waals surface area contributed by atoms with Crippen LogP contribution in [0.15, 0.2) is 53.4 Å². The van der Waals surface area contributed by atoms with E-state index in [0.717, 1.165) is 43.7 Å². The highest BCUT2D eigenvalue weighted by Gasteiger charge is 2.35. The summed E-state index contributed by atoms with van der Waals surface area (Å²) in [6.45, 7) is -0.230. The Bertz CT molecular complexity index is 922. The Hall–Kier alpha value is -1.70. The molecule has 0 heterocycles. The van der Waals surface area contributed by atoms with Crippen LogP contribution in [-0.4, -0.2) is 35.4 Å². The Morgan fingerprint density at radius 2 is 1.94 bits per heavy atom. The maximum absolute atomic E-state index is 13.0. The molecule has 3 nitrogen and oxygen atoms in total. The van der Waals surface area contributed by atoms with Gasteiger partial charge in [-0.2, -0.15) is 13.2 Å². The van der Waals surface area contributed by atoms with Crippen molar-refractivity contribution in [2.24, 2.45) is 11.8 Å². The third-order valence-corrected chi connectivity index (χ3v) is 7.70. The van der Waals surface area contributed by atoms with Gasteiger partial charge in [0.2, 0.25) is 0 Å². The van der Waals surface area contributed by atoms with Crippen molar-refractivity contribution in [3.8, 4) is 0 Å². The van der Waals surface area contributed by atoms with Crippen molar-refractivity contribution < 1.29 is 27.8 Å². The summed E-state index contributed by atoms with van der Waals surface area (Å²) in [6, 6.07) is 12.8. The van der Waals surface area contributed by atoms with E-state index < -0.39 is 17.7 Å². The third-order valence-electron chi connectivity index (χ3n) is 6.01. The number of halogens is 4. The van der Waals surface area contributed by atoms with Gasteiger partial charge >= 0.3 is 12.1 Å². The predicted molar refractivity (Wildman–Crippen MR) is 125 cm³/mol. The van der Waals surface area contributed by atoms with Gasteiger partial charge in [0.15, 0.2) is 0 Å². The van der Waals surface area contributed by atoms with Crippen molar-refractivity contribution in [2.75, 3.05) is 19.0 Å². The topological polar surface area (TPSA) is 46.5 Å². The van der Waals surface area contributed by atoms with Crippen molar-refractivity contribution in [2.45, 2.75) is 48.6 Å². The first-order chi connectivity index (χ1) is 15.8. The molecule has 3 atom stereocenters. The van der Waals surface area contributed by atoms with E-state index >= 15 is 0 Å². The van der Waals surface area contributed by atoms with Gasteiger partial charge in [-0.05, 0) is 79.8 Å². The molecular weight excluding hydrogens is 473 g/mol. The number of carbonyl (C=O) groups is 1. The highest BCUT2D eigenvalue weighted by Crippen LogP contribution is 2.42. The summed E-state index contributed by atoms with van der Waals surface area (Å²) in [5.41, 5.74) is 0.891. The first-order valence-electron chi connectivity index (χ1n) is 11.1. The van der Waals surface area contributed by atoms with Gasteiger partial charge in [0.05, 0.1) is 17.7 Å². The quantitative estimate of drug-likeness (QED) is 0.227. The van der Waals surface area contributed by atoms with Crippen LogP contribution in [-0.2, 0) is 17.3 Å². The van der Waals surface area contributed by atoms with Crippen LogP contribution in [0.4, 0.5) is 13.2 Å². The molecule has 33 heavy (non-hydrogen) atoms. The molecule has 0 aromatic heterocycles. The molecule has 1 N–H and O–H groups in total. The monoisotopic (exact) mass is 500 g/mol. The maximum Gasteiger partial charge on any atom is 0.416 e. The lowest BCUT2D eigenvalue weighted by Gasteiger charge is -2.22. The fourth-order valence-electron chi connectivity index (χ4n) is 4.29. The summed E-state index contributed by atoms with van der Waals surface area (Å²) in [6.07, 6.45) is 0.346. The lowest BCUT2D eigenvalue weighted by Crippen LogP contribution is -2.18. The number of thioether (sulfide) groups is 1. The molecule has 0 spiro atoms. The van der Waals surface area contributed by atoms with E-state index in [0.29, 0.717) is 22.1 Å². The second-order valence-electron chi connectivity index (χ2n) is 8.31. The Morgan fingerprint density at radius 1 is 1.15 bits per heavy atom. The first kappa shape index (κ1) is 25.9. The van der Waals surface area contributed by atoms with Gasteiger partial charge in [-0.25, -0.2) is 4.79 Å². The zero-order chi connectivity index (χ0) is 23.8. The summed E-state index contributed by atoms with van der Waals surface area (Å²) >= 11 is 8.02. The van der Waals surface area contributed by atoms with Crippen molar-refractivity contribution in [1.82, 2.24) is 0 Å². The molecule has 8 heteroatoms. The molecule has 0 amide bonds. The second kappa shape index (κ2) is 12.1. The van der Waals surface area contributed by atoms with Crippen LogP contribution in [0.2, 0.25) is 0 Å². The van der Waals surface area contributed by atoms with Crippen molar-refractivity contribution in [3.63, 3.8) is 0 Å². The number of alkyl halides is 4. The van der Waals surface area contributed by atoms with Crippen LogP contribution in [0.5, 0.6) is 0 Å². The van der Waals surface area contributed by atoms with E-state index in [1.807, 2.05) is 18.2 Å². The Balaban J connectivity index is 1.51. The first-order valence-corrected chi connectivity index (χ1v) is 12.5. The molecule has 0 saturated heterocycles. The van der Waals surface area contributed by atoms with Gasteiger partial charge in [-0.15, -0.1) is 23.4 Å². The molecule has 1 saturated carbocycles. The van der Waals surface area contributed by atoms with Crippen LogP contribution < -0.4 is 0 Å². The molecule has 1 unspecified atom stereocenters. The number of aliphatic hydroxyl groups excluding tert-OH is 1. The van der Waals surface area contributed by atoms with Crippen molar-refractivity contribution >= 4 is 29.3 Å². The second-order valence-corrected chi connectivity index (χ2v) is 9.96. The minimum Gasteiger partial charge on any atom is -0.460 e. The molecule has 0 bridgehead atoms. The zero-order valence-electron chi connectivity index (χ0n) is 18.2. The van der Waals surface area contributed by atoms with Gasteiger partial charge in [-0.3, -0.25) is 0 Å². The number of rotatable bonds is 10. The van der Waals surface area contributed by atoms with E-state index in [1.165, 1.54) is 23.9 Å². The predicted octanol–water partition coefficient (Wildman–Crippen LogP) is 6.60.